The smallest absolute Gasteiger partial charge is 0.297 e. The maximum absolute atomic E-state index is 13.1. The van der Waals surface area contributed by atoms with Gasteiger partial charge in [0, 0.05) is 12.0 Å². The number of amides is 1. The molecule has 0 atom stereocenters. The van der Waals surface area contributed by atoms with Crippen LogP contribution in [0.5, 0.6) is 0 Å². The molecule has 1 rings (SSSR count). The van der Waals surface area contributed by atoms with Crippen molar-refractivity contribution >= 4 is 34.2 Å². The predicted molar refractivity (Wildman–Crippen MR) is 71.3 cm³/mol. The van der Waals surface area contributed by atoms with Gasteiger partial charge in [0.2, 0.25) is 5.82 Å². The van der Waals surface area contributed by atoms with Crippen molar-refractivity contribution in [2.75, 3.05) is 5.32 Å². The summed E-state index contributed by atoms with van der Waals surface area (Å²) >= 11 is 5.66. The zero-order valence-corrected chi connectivity index (χ0v) is 11.3. The Morgan fingerprint density at radius 3 is 2.75 bits per heavy atom. The van der Waals surface area contributed by atoms with Crippen LogP contribution in [0.15, 0.2) is 23.4 Å². The molecule has 0 heterocycles. The topological polar surface area (TPSA) is 93.8 Å². The van der Waals surface area contributed by atoms with E-state index in [-0.39, 0.29) is 16.8 Å². The summed E-state index contributed by atoms with van der Waals surface area (Å²) in [5.41, 5.74) is -0.759. The van der Waals surface area contributed by atoms with Gasteiger partial charge in [-0.05, 0) is 12.1 Å². The van der Waals surface area contributed by atoms with Crippen LogP contribution in [-0.2, 0) is 4.84 Å². The van der Waals surface area contributed by atoms with E-state index in [4.69, 9.17) is 11.6 Å². The maximum atomic E-state index is 13.1. The molecule has 0 saturated heterocycles. The lowest BCUT2D eigenvalue weighted by Crippen LogP contribution is -2.12. The Balaban J connectivity index is 2.74. The number of oxime groups is 1. The molecular weight excluding hydrogens is 293 g/mol. The summed E-state index contributed by atoms with van der Waals surface area (Å²) in [7, 11) is 0. The van der Waals surface area contributed by atoms with Crippen LogP contribution in [0, 0.1) is 21.8 Å². The molecule has 0 saturated carbocycles. The van der Waals surface area contributed by atoms with Gasteiger partial charge in [-0.2, -0.15) is 4.39 Å². The van der Waals surface area contributed by atoms with E-state index in [2.05, 4.69) is 15.3 Å². The quantitative estimate of drug-likeness (QED) is 0.398. The number of nitro benzene ring substituents is 1. The number of nitrogens with zero attached hydrogens (tertiary/aromatic N) is 2. The number of carbonyl (C=O) groups is 1. The van der Waals surface area contributed by atoms with Crippen molar-refractivity contribution in [2.45, 2.75) is 13.8 Å². The van der Waals surface area contributed by atoms with Gasteiger partial charge in [0.1, 0.15) is 5.17 Å². The van der Waals surface area contributed by atoms with E-state index in [0.717, 1.165) is 18.2 Å². The standard InChI is InChI=1S/C11H11ClFN3O4/c1-6(2)10(12)15-20-11(17)14-7-3-4-8(13)9(5-7)16(18)19/h3-6H,1-2H3,(H,14,17)/b15-10-. The third-order valence-electron chi connectivity index (χ3n) is 2.08. The number of carbonyl (C=O) groups excluding carboxylic acids is 1. The van der Waals surface area contributed by atoms with Crippen molar-refractivity contribution in [3.63, 3.8) is 0 Å². The second kappa shape index (κ2) is 6.80. The minimum absolute atomic E-state index is 0.000954. The lowest BCUT2D eigenvalue weighted by molar-refractivity contribution is -0.387. The molecule has 0 radical (unpaired) electrons. The van der Waals surface area contributed by atoms with E-state index in [1.165, 1.54) is 0 Å². The maximum Gasteiger partial charge on any atom is 0.437 e. The van der Waals surface area contributed by atoms with E-state index in [9.17, 15) is 19.3 Å². The summed E-state index contributed by atoms with van der Waals surface area (Å²) in [6.45, 7) is 3.49. The Labute approximate surface area is 118 Å². The van der Waals surface area contributed by atoms with Crippen LogP contribution in [0.4, 0.5) is 20.6 Å². The molecule has 1 N–H and O–H groups in total. The number of hydrogen-bond donors (Lipinski definition) is 1. The van der Waals surface area contributed by atoms with Gasteiger partial charge in [-0.3, -0.25) is 20.3 Å². The Bertz CT molecular complexity index is 563. The minimum atomic E-state index is -1.00. The average Bonchev–Trinajstić information content (AvgIpc) is 2.37. The number of halogens is 2. The number of nitrogens with one attached hydrogen (secondary N) is 1. The van der Waals surface area contributed by atoms with Gasteiger partial charge in [0.25, 0.3) is 0 Å². The molecule has 0 aliphatic rings. The first-order valence-corrected chi connectivity index (χ1v) is 5.84. The normalized spacial score (nSPS) is 11.3. The first-order valence-electron chi connectivity index (χ1n) is 5.46. The van der Waals surface area contributed by atoms with Crippen molar-refractivity contribution in [3.8, 4) is 0 Å². The predicted octanol–water partition coefficient (Wildman–Crippen LogP) is 3.49. The number of anilines is 1. The van der Waals surface area contributed by atoms with E-state index in [1.807, 2.05) is 0 Å². The summed E-state index contributed by atoms with van der Waals surface area (Å²) in [6.07, 6.45) is -0.996. The first-order chi connectivity index (χ1) is 9.31. The molecule has 0 fully saturated rings. The molecule has 108 valence electrons. The van der Waals surface area contributed by atoms with Gasteiger partial charge < -0.3 is 0 Å². The fraction of sp³-hybridized carbons (Fsp3) is 0.273. The molecule has 1 aromatic carbocycles. The second-order valence-electron chi connectivity index (χ2n) is 4.00. The summed E-state index contributed by atoms with van der Waals surface area (Å²) < 4.78 is 13.1. The Morgan fingerprint density at radius 1 is 1.55 bits per heavy atom. The van der Waals surface area contributed by atoms with Crippen molar-refractivity contribution in [2.24, 2.45) is 11.1 Å². The van der Waals surface area contributed by atoms with Crippen LogP contribution in [0.2, 0.25) is 0 Å². The number of hydrogen-bond acceptors (Lipinski definition) is 5. The lowest BCUT2D eigenvalue weighted by atomic mass is 10.2. The van der Waals surface area contributed by atoms with Crippen LogP contribution in [0.1, 0.15) is 13.8 Å². The zero-order chi connectivity index (χ0) is 15.3. The molecule has 0 aliphatic heterocycles. The summed E-state index contributed by atoms with van der Waals surface area (Å²) in [5.74, 6) is -1.12. The molecule has 0 spiro atoms. The largest absolute Gasteiger partial charge is 0.437 e. The zero-order valence-electron chi connectivity index (χ0n) is 10.6. The third kappa shape index (κ3) is 4.47. The van der Waals surface area contributed by atoms with Crippen LogP contribution < -0.4 is 5.32 Å². The van der Waals surface area contributed by atoms with Crippen LogP contribution in [-0.4, -0.2) is 16.2 Å². The number of benzene rings is 1. The molecule has 7 nitrogen and oxygen atoms in total. The average molecular weight is 304 g/mol. The summed E-state index contributed by atoms with van der Waals surface area (Å²) in [4.78, 5) is 25.4. The fourth-order valence-corrected chi connectivity index (χ4v) is 1.10. The van der Waals surface area contributed by atoms with E-state index < -0.39 is 22.5 Å². The van der Waals surface area contributed by atoms with E-state index in [0.29, 0.717) is 0 Å². The molecule has 0 bridgehead atoms. The third-order valence-corrected chi connectivity index (χ3v) is 2.59. The molecule has 9 heteroatoms. The van der Waals surface area contributed by atoms with Crippen molar-refractivity contribution in [1.29, 1.82) is 0 Å². The Kier molecular flexibility index (Phi) is 5.39. The summed E-state index contributed by atoms with van der Waals surface area (Å²) in [6, 6.07) is 2.87. The Hall–Kier alpha value is -2.22. The van der Waals surface area contributed by atoms with Gasteiger partial charge in [-0.15, -0.1) is 0 Å². The molecule has 0 aromatic heterocycles. The SMILES string of the molecule is CC(C)/C(Cl)=N/OC(=O)Nc1ccc(F)c([N+](=O)[O-])c1. The van der Waals surface area contributed by atoms with Gasteiger partial charge in [0.05, 0.1) is 10.6 Å². The van der Waals surface area contributed by atoms with Crippen LogP contribution in [0.25, 0.3) is 0 Å². The monoisotopic (exact) mass is 303 g/mol. The fourth-order valence-electron chi connectivity index (χ4n) is 1.06. The van der Waals surface area contributed by atoms with E-state index >= 15 is 0 Å². The molecule has 0 unspecified atom stereocenters. The molecule has 1 amide bonds. The molecule has 0 aliphatic carbocycles. The van der Waals surface area contributed by atoms with Crippen LogP contribution in [0.3, 0.4) is 0 Å². The van der Waals surface area contributed by atoms with E-state index in [1.54, 1.807) is 13.8 Å². The number of rotatable bonds is 4. The molecule has 1 aromatic rings. The van der Waals surface area contributed by atoms with Gasteiger partial charge in [-0.1, -0.05) is 30.6 Å². The van der Waals surface area contributed by atoms with Crippen molar-refractivity contribution in [1.82, 2.24) is 0 Å². The minimum Gasteiger partial charge on any atom is -0.297 e. The highest BCUT2D eigenvalue weighted by Gasteiger charge is 2.15. The van der Waals surface area contributed by atoms with Gasteiger partial charge in [-0.25, -0.2) is 4.79 Å². The highest BCUT2D eigenvalue weighted by molar-refractivity contribution is 6.65. The highest BCUT2D eigenvalue weighted by Crippen LogP contribution is 2.21. The summed E-state index contributed by atoms with van der Waals surface area (Å²) in [5, 5.41) is 16.1. The number of nitro groups is 1. The molecule has 20 heavy (non-hydrogen) atoms. The van der Waals surface area contributed by atoms with Gasteiger partial charge >= 0.3 is 11.8 Å². The lowest BCUT2D eigenvalue weighted by Gasteiger charge is -2.04. The second-order valence-corrected chi connectivity index (χ2v) is 4.38. The van der Waals surface area contributed by atoms with Crippen LogP contribution >= 0.6 is 11.6 Å². The van der Waals surface area contributed by atoms with Crippen molar-refractivity contribution < 1.29 is 18.9 Å². The van der Waals surface area contributed by atoms with Gasteiger partial charge in [0.15, 0.2) is 0 Å². The highest BCUT2D eigenvalue weighted by atomic mass is 35.5. The Morgan fingerprint density at radius 2 is 2.20 bits per heavy atom. The first kappa shape index (κ1) is 15.8. The van der Waals surface area contributed by atoms with Crippen molar-refractivity contribution in [3.05, 3.63) is 34.1 Å². The molecular formula is C11H11ClFN3O4.